The Morgan fingerprint density at radius 1 is 1.26 bits per heavy atom. The van der Waals surface area contributed by atoms with Crippen LogP contribution in [-0.4, -0.2) is 38.0 Å². The Hall–Kier alpha value is -2.94. The van der Waals surface area contributed by atoms with Crippen LogP contribution in [0.2, 0.25) is 0 Å². The molecule has 142 valence electrons. The number of nitrogens with zero attached hydrogens (tertiary/aromatic N) is 4. The third-order valence-corrected chi connectivity index (χ3v) is 5.20. The highest BCUT2D eigenvalue weighted by Crippen LogP contribution is 2.34. The fourth-order valence-electron chi connectivity index (χ4n) is 3.12. The molecule has 9 heteroatoms. The summed E-state index contributed by atoms with van der Waals surface area (Å²) in [4.78, 5) is 24.8. The first-order chi connectivity index (χ1) is 12.8. The van der Waals surface area contributed by atoms with E-state index in [4.69, 9.17) is 17.0 Å². The molecule has 3 rings (SSSR count). The SMILES string of the molecule is COc1ccc(C2CC(c3c(O)n(C)c(=S)n(C)c3=O)=NN2C(C)=O)cc1. The van der Waals surface area contributed by atoms with Crippen LogP contribution in [0.1, 0.15) is 30.5 Å². The van der Waals surface area contributed by atoms with E-state index < -0.39 is 5.56 Å². The van der Waals surface area contributed by atoms with Crippen molar-refractivity contribution in [1.82, 2.24) is 14.1 Å². The van der Waals surface area contributed by atoms with Gasteiger partial charge in [0.05, 0.1) is 18.9 Å². The van der Waals surface area contributed by atoms with Gasteiger partial charge in [0.2, 0.25) is 11.8 Å². The number of benzene rings is 1. The zero-order chi connectivity index (χ0) is 19.9. The molecule has 0 saturated carbocycles. The molecular formula is C18H20N4O4S. The van der Waals surface area contributed by atoms with Gasteiger partial charge in [0.25, 0.3) is 5.56 Å². The van der Waals surface area contributed by atoms with Crippen molar-refractivity contribution in [3.05, 3.63) is 50.5 Å². The standard InChI is InChI=1S/C18H20N4O4S/c1-10(23)22-14(11-5-7-12(26-4)8-6-11)9-13(19-22)15-16(24)20(2)18(27)21(3)17(15)25/h5-8,14,24H,9H2,1-4H3. The van der Waals surface area contributed by atoms with E-state index in [-0.39, 0.29) is 28.2 Å². The van der Waals surface area contributed by atoms with Crippen molar-refractivity contribution in [1.29, 1.82) is 0 Å². The first kappa shape index (κ1) is 18.8. The van der Waals surface area contributed by atoms with Gasteiger partial charge in [0, 0.05) is 27.4 Å². The number of hydrogen-bond acceptors (Lipinski definition) is 6. The van der Waals surface area contributed by atoms with Gasteiger partial charge < -0.3 is 9.84 Å². The van der Waals surface area contributed by atoms with E-state index in [0.29, 0.717) is 17.9 Å². The predicted octanol–water partition coefficient (Wildman–Crippen LogP) is 1.87. The van der Waals surface area contributed by atoms with Crippen molar-refractivity contribution in [3.8, 4) is 11.6 Å². The number of amides is 1. The number of hydrazone groups is 1. The normalized spacial score (nSPS) is 16.4. The van der Waals surface area contributed by atoms with Crippen molar-refractivity contribution in [2.45, 2.75) is 19.4 Å². The van der Waals surface area contributed by atoms with Crippen LogP contribution < -0.4 is 10.3 Å². The summed E-state index contributed by atoms with van der Waals surface area (Å²) < 4.78 is 7.97. The minimum Gasteiger partial charge on any atom is -0.497 e. The molecule has 0 bridgehead atoms. The molecular weight excluding hydrogens is 368 g/mol. The molecule has 1 N–H and O–H groups in total. The summed E-state index contributed by atoms with van der Waals surface area (Å²) in [7, 11) is 4.68. The first-order valence-electron chi connectivity index (χ1n) is 8.26. The van der Waals surface area contributed by atoms with E-state index in [2.05, 4.69) is 5.10 Å². The van der Waals surface area contributed by atoms with E-state index in [1.165, 1.54) is 28.1 Å². The zero-order valence-electron chi connectivity index (χ0n) is 15.5. The van der Waals surface area contributed by atoms with E-state index >= 15 is 0 Å². The summed E-state index contributed by atoms with van der Waals surface area (Å²) in [6.07, 6.45) is 0.297. The largest absolute Gasteiger partial charge is 0.497 e. The molecule has 2 aromatic rings. The van der Waals surface area contributed by atoms with Crippen LogP contribution in [0.25, 0.3) is 0 Å². The molecule has 0 spiro atoms. The molecule has 0 radical (unpaired) electrons. The van der Waals surface area contributed by atoms with Crippen molar-refractivity contribution >= 4 is 23.8 Å². The second-order valence-electron chi connectivity index (χ2n) is 6.31. The van der Waals surface area contributed by atoms with Gasteiger partial charge >= 0.3 is 0 Å². The van der Waals surface area contributed by atoms with Crippen LogP contribution in [-0.2, 0) is 18.9 Å². The molecule has 0 aliphatic carbocycles. The summed E-state index contributed by atoms with van der Waals surface area (Å²) in [6.45, 7) is 1.41. The minimum absolute atomic E-state index is 0.0517. The van der Waals surface area contributed by atoms with Crippen LogP contribution in [0.4, 0.5) is 0 Å². The van der Waals surface area contributed by atoms with Gasteiger partial charge in [-0.1, -0.05) is 12.1 Å². The Bertz CT molecular complexity index is 1050. The molecule has 27 heavy (non-hydrogen) atoms. The van der Waals surface area contributed by atoms with Gasteiger partial charge in [-0.2, -0.15) is 5.10 Å². The Balaban J connectivity index is 2.09. The lowest BCUT2D eigenvalue weighted by molar-refractivity contribution is -0.130. The molecule has 1 aromatic heterocycles. The first-order valence-corrected chi connectivity index (χ1v) is 8.67. The van der Waals surface area contributed by atoms with Crippen LogP contribution in [0, 0.1) is 4.77 Å². The molecule has 0 fully saturated rings. The van der Waals surface area contributed by atoms with E-state index in [1.54, 1.807) is 26.3 Å². The average Bonchev–Trinajstić information content (AvgIpc) is 3.10. The van der Waals surface area contributed by atoms with Gasteiger partial charge in [-0.25, -0.2) is 5.01 Å². The summed E-state index contributed by atoms with van der Waals surface area (Å²) in [5, 5.41) is 16.1. The number of aromatic hydroxyl groups is 1. The molecule has 1 aliphatic rings. The fraction of sp³-hybridized carbons (Fsp3) is 0.333. The summed E-state index contributed by atoms with van der Waals surface area (Å²) in [6, 6.07) is 6.92. The molecule has 1 atom stereocenters. The molecule has 1 aromatic carbocycles. The highest BCUT2D eigenvalue weighted by atomic mass is 32.1. The number of hydrogen-bond donors (Lipinski definition) is 1. The fourth-order valence-corrected chi connectivity index (χ4v) is 3.29. The Morgan fingerprint density at radius 3 is 2.44 bits per heavy atom. The number of carbonyl (C=O) groups is 1. The van der Waals surface area contributed by atoms with Gasteiger partial charge in [0.1, 0.15) is 11.3 Å². The Labute approximate surface area is 160 Å². The summed E-state index contributed by atoms with van der Waals surface area (Å²) in [5.41, 5.74) is 0.796. The third-order valence-electron chi connectivity index (χ3n) is 4.66. The topological polar surface area (TPSA) is 89.1 Å². The maximum absolute atomic E-state index is 12.7. The predicted molar refractivity (Wildman–Crippen MR) is 103 cm³/mol. The summed E-state index contributed by atoms with van der Waals surface area (Å²) in [5.74, 6) is 0.180. The Morgan fingerprint density at radius 2 is 1.89 bits per heavy atom. The highest BCUT2D eigenvalue weighted by molar-refractivity contribution is 7.71. The smallest absolute Gasteiger partial charge is 0.267 e. The molecule has 1 amide bonds. The van der Waals surface area contributed by atoms with E-state index in [0.717, 1.165) is 5.56 Å². The number of ether oxygens (including phenoxy) is 1. The maximum Gasteiger partial charge on any atom is 0.267 e. The molecule has 1 unspecified atom stereocenters. The number of aromatic nitrogens is 2. The van der Waals surface area contributed by atoms with Crippen LogP contribution in [0.5, 0.6) is 11.6 Å². The Kier molecular flexibility index (Phi) is 4.88. The van der Waals surface area contributed by atoms with Gasteiger partial charge in [-0.05, 0) is 29.9 Å². The molecule has 0 saturated heterocycles. The monoisotopic (exact) mass is 388 g/mol. The van der Waals surface area contributed by atoms with Crippen molar-refractivity contribution in [2.24, 2.45) is 19.2 Å². The van der Waals surface area contributed by atoms with Crippen molar-refractivity contribution < 1.29 is 14.6 Å². The quantitative estimate of drug-likeness (QED) is 0.811. The van der Waals surface area contributed by atoms with Crippen LogP contribution >= 0.6 is 12.2 Å². The van der Waals surface area contributed by atoms with Gasteiger partial charge in [-0.3, -0.25) is 18.7 Å². The van der Waals surface area contributed by atoms with Gasteiger partial charge in [0.15, 0.2) is 4.77 Å². The minimum atomic E-state index is -0.451. The highest BCUT2D eigenvalue weighted by Gasteiger charge is 2.34. The lowest BCUT2D eigenvalue weighted by Crippen LogP contribution is -2.28. The number of rotatable bonds is 3. The van der Waals surface area contributed by atoms with Gasteiger partial charge in [-0.15, -0.1) is 0 Å². The number of carbonyl (C=O) groups excluding carboxylic acids is 1. The number of methoxy groups -OCH3 is 1. The van der Waals surface area contributed by atoms with Crippen LogP contribution in [0.15, 0.2) is 34.2 Å². The van der Waals surface area contributed by atoms with E-state index in [9.17, 15) is 14.7 Å². The lowest BCUT2D eigenvalue weighted by atomic mass is 9.99. The average molecular weight is 388 g/mol. The third kappa shape index (κ3) is 3.14. The molecule has 8 nitrogen and oxygen atoms in total. The second kappa shape index (κ2) is 6.99. The zero-order valence-corrected chi connectivity index (χ0v) is 16.3. The summed E-state index contributed by atoms with van der Waals surface area (Å²) >= 11 is 5.14. The molecule has 1 aliphatic heterocycles. The molecule has 2 heterocycles. The maximum atomic E-state index is 12.7. The second-order valence-corrected chi connectivity index (χ2v) is 6.67. The van der Waals surface area contributed by atoms with E-state index in [1.807, 2.05) is 12.1 Å². The van der Waals surface area contributed by atoms with Crippen LogP contribution in [0.3, 0.4) is 0 Å². The van der Waals surface area contributed by atoms with Crippen molar-refractivity contribution in [2.75, 3.05) is 7.11 Å². The van der Waals surface area contributed by atoms with Crippen molar-refractivity contribution in [3.63, 3.8) is 0 Å². The lowest BCUT2D eigenvalue weighted by Gasteiger charge is -2.20.